The van der Waals surface area contributed by atoms with Crippen molar-refractivity contribution >= 4 is 11.8 Å². The highest BCUT2D eigenvalue weighted by Gasteiger charge is 2.52. The van der Waals surface area contributed by atoms with Gasteiger partial charge in [-0.25, -0.2) is 4.98 Å². The van der Waals surface area contributed by atoms with Crippen LogP contribution in [0.15, 0.2) is 22.1 Å². The first kappa shape index (κ1) is 20.9. The number of nitrogens with zero attached hydrogens (tertiary/aromatic N) is 9. The molecule has 12 nitrogen and oxygen atoms in total. The van der Waals surface area contributed by atoms with Crippen LogP contribution in [0.3, 0.4) is 0 Å². The number of amides is 2. The van der Waals surface area contributed by atoms with Gasteiger partial charge < -0.3 is 18.8 Å². The fourth-order valence-electron chi connectivity index (χ4n) is 4.70. The number of aromatic nitrogens is 4. The first-order chi connectivity index (χ1) is 14.9. The van der Waals surface area contributed by atoms with Gasteiger partial charge in [0.15, 0.2) is 0 Å². The molecular weight excluding hydrogens is 402 g/mol. The van der Waals surface area contributed by atoms with Gasteiger partial charge in [-0.15, -0.1) is 10.2 Å². The van der Waals surface area contributed by atoms with Crippen molar-refractivity contribution < 1.29 is 14.0 Å². The summed E-state index contributed by atoms with van der Waals surface area (Å²) >= 11 is 0. The number of carbonyl (C=O) groups excluding carboxylic acids is 2. The average molecular weight is 427 g/mol. The van der Waals surface area contributed by atoms with E-state index >= 15 is 0 Å². The molecule has 2 aliphatic heterocycles. The molecule has 0 N–H and O–H groups in total. The Morgan fingerprint density at radius 2 is 2.10 bits per heavy atom. The van der Waals surface area contributed by atoms with Crippen LogP contribution in [0, 0.1) is 12.3 Å². The van der Waals surface area contributed by atoms with Crippen LogP contribution in [0.25, 0.3) is 10.4 Å². The van der Waals surface area contributed by atoms with Crippen LogP contribution in [-0.2, 0) is 11.8 Å². The van der Waals surface area contributed by atoms with Crippen molar-refractivity contribution in [2.75, 3.05) is 32.7 Å². The molecule has 0 bridgehead atoms. The Morgan fingerprint density at radius 1 is 1.32 bits per heavy atom. The minimum atomic E-state index is -0.241. The van der Waals surface area contributed by atoms with Crippen molar-refractivity contribution in [2.45, 2.75) is 32.1 Å². The Bertz CT molecular complexity index is 1010. The molecule has 1 unspecified atom stereocenters. The molecule has 4 heterocycles. The third-order valence-electron chi connectivity index (χ3n) is 6.41. The van der Waals surface area contributed by atoms with Gasteiger partial charge in [0.2, 0.25) is 17.7 Å². The van der Waals surface area contributed by atoms with E-state index in [1.54, 1.807) is 36.0 Å². The maximum Gasteiger partial charge on any atom is 0.272 e. The Morgan fingerprint density at radius 3 is 2.71 bits per heavy atom. The van der Waals surface area contributed by atoms with E-state index in [0.29, 0.717) is 43.7 Å². The highest BCUT2D eigenvalue weighted by molar-refractivity contribution is 5.92. The summed E-state index contributed by atoms with van der Waals surface area (Å²) in [7, 11) is 1.80. The van der Waals surface area contributed by atoms with Gasteiger partial charge in [0.25, 0.3) is 5.91 Å². The Balaban J connectivity index is 1.53. The maximum absolute atomic E-state index is 13.2. The summed E-state index contributed by atoms with van der Waals surface area (Å²) in [4.78, 5) is 36.0. The fraction of sp³-hybridized carbons (Fsp3) is 0.632. The van der Waals surface area contributed by atoms with Crippen molar-refractivity contribution in [2.24, 2.45) is 17.6 Å². The zero-order valence-corrected chi connectivity index (χ0v) is 17.6. The number of hydrogen-bond acceptors (Lipinski definition) is 7. The van der Waals surface area contributed by atoms with E-state index in [0.717, 1.165) is 12.8 Å². The molecule has 0 aliphatic carbocycles. The predicted molar refractivity (Wildman–Crippen MR) is 108 cm³/mol. The van der Waals surface area contributed by atoms with E-state index in [2.05, 4.69) is 25.2 Å². The lowest BCUT2D eigenvalue weighted by atomic mass is 9.70. The summed E-state index contributed by atoms with van der Waals surface area (Å²) in [5.74, 6) is 0.846. The van der Waals surface area contributed by atoms with E-state index in [-0.39, 0.29) is 36.1 Å². The lowest BCUT2D eigenvalue weighted by Gasteiger charge is -2.41. The van der Waals surface area contributed by atoms with Gasteiger partial charge in [0.1, 0.15) is 5.69 Å². The fourth-order valence-corrected chi connectivity index (χ4v) is 4.70. The van der Waals surface area contributed by atoms with Crippen molar-refractivity contribution in [3.05, 3.63) is 40.4 Å². The van der Waals surface area contributed by atoms with Gasteiger partial charge >= 0.3 is 0 Å². The third kappa shape index (κ3) is 3.98. The zero-order chi connectivity index (χ0) is 22.0. The number of carbonyl (C=O) groups is 2. The lowest BCUT2D eigenvalue weighted by Crippen LogP contribution is -2.46. The second kappa shape index (κ2) is 8.38. The summed E-state index contributed by atoms with van der Waals surface area (Å²) in [6.07, 6.45) is 4.83. The van der Waals surface area contributed by atoms with Crippen molar-refractivity contribution in [1.29, 1.82) is 0 Å². The number of azide groups is 1. The molecule has 2 aromatic heterocycles. The predicted octanol–water partition coefficient (Wildman–Crippen LogP) is 1.66. The number of piperidine rings is 1. The SMILES string of the molecule is Cc1nnc(C2CN(C(=O)c3cncn3C)CC23CCN(C(=O)CCN=[N+]=[N-])CC3)o1. The topological polar surface area (TPSA) is 146 Å². The molecule has 0 saturated carbocycles. The maximum atomic E-state index is 13.2. The smallest absolute Gasteiger partial charge is 0.272 e. The quantitative estimate of drug-likeness (QED) is 0.403. The molecular formula is C19H25N9O3. The van der Waals surface area contributed by atoms with Crippen molar-refractivity contribution in [3.63, 3.8) is 0 Å². The van der Waals surface area contributed by atoms with E-state index in [4.69, 9.17) is 9.95 Å². The molecule has 2 fully saturated rings. The van der Waals surface area contributed by atoms with Crippen LogP contribution in [0.5, 0.6) is 0 Å². The summed E-state index contributed by atoms with van der Waals surface area (Å²) < 4.78 is 7.48. The summed E-state index contributed by atoms with van der Waals surface area (Å²) in [5.41, 5.74) is 8.69. The van der Waals surface area contributed by atoms with Crippen LogP contribution in [-0.4, -0.2) is 74.1 Å². The average Bonchev–Trinajstić information content (AvgIpc) is 3.47. The van der Waals surface area contributed by atoms with Gasteiger partial charge in [-0.3, -0.25) is 9.59 Å². The lowest BCUT2D eigenvalue weighted by molar-refractivity contribution is -0.133. The molecule has 12 heteroatoms. The summed E-state index contributed by atoms with van der Waals surface area (Å²) in [5, 5.41) is 11.7. The minimum Gasteiger partial charge on any atom is -0.425 e. The molecule has 2 amide bonds. The van der Waals surface area contributed by atoms with Crippen LogP contribution >= 0.6 is 0 Å². The Labute approximate surface area is 178 Å². The summed E-state index contributed by atoms with van der Waals surface area (Å²) in [6.45, 7) is 4.11. The van der Waals surface area contributed by atoms with Gasteiger partial charge in [-0.05, 0) is 18.4 Å². The minimum absolute atomic E-state index is 0.0201. The Hall–Kier alpha value is -3.40. The van der Waals surface area contributed by atoms with E-state index in [1.807, 2.05) is 4.90 Å². The molecule has 1 spiro atoms. The second-order valence-corrected chi connectivity index (χ2v) is 8.23. The van der Waals surface area contributed by atoms with Crippen LogP contribution in [0.4, 0.5) is 0 Å². The number of likely N-dealkylation sites (tertiary alicyclic amines) is 2. The van der Waals surface area contributed by atoms with Gasteiger partial charge in [-0.2, -0.15) is 0 Å². The largest absolute Gasteiger partial charge is 0.425 e. The monoisotopic (exact) mass is 427 g/mol. The highest BCUT2D eigenvalue weighted by atomic mass is 16.4. The normalized spacial score (nSPS) is 20.1. The summed E-state index contributed by atoms with van der Waals surface area (Å²) in [6, 6.07) is 0. The van der Waals surface area contributed by atoms with Crippen LogP contribution in [0.2, 0.25) is 0 Å². The van der Waals surface area contributed by atoms with Crippen LogP contribution in [0.1, 0.15) is 47.5 Å². The zero-order valence-electron chi connectivity index (χ0n) is 17.6. The number of imidazole rings is 1. The Kier molecular flexibility index (Phi) is 5.64. The standard InChI is InChI=1S/C19H25N9O3/c1-13-23-24-17(31-13)14-10-28(18(30)15-9-21-12-26(15)2)11-19(14)4-7-27(8-5-19)16(29)3-6-22-25-20/h9,12,14H,3-8,10-11H2,1-2H3. The molecule has 0 aromatic carbocycles. The molecule has 4 rings (SSSR count). The molecule has 164 valence electrons. The second-order valence-electron chi connectivity index (χ2n) is 8.23. The third-order valence-corrected chi connectivity index (χ3v) is 6.41. The van der Waals surface area contributed by atoms with E-state index in [9.17, 15) is 9.59 Å². The van der Waals surface area contributed by atoms with Crippen molar-refractivity contribution in [3.8, 4) is 0 Å². The first-order valence-electron chi connectivity index (χ1n) is 10.3. The van der Waals surface area contributed by atoms with E-state index < -0.39 is 0 Å². The van der Waals surface area contributed by atoms with Crippen LogP contribution < -0.4 is 0 Å². The number of rotatable bonds is 5. The van der Waals surface area contributed by atoms with E-state index in [1.165, 1.54) is 0 Å². The number of hydrogen-bond donors (Lipinski definition) is 0. The molecule has 31 heavy (non-hydrogen) atoms. The van der Waals surface area contributed by atoms with Gasteiger partial charge in [0.05, 0.1) is 18.4 Å². The molecule has 1 atom stereocenters. The molecule has 2 saturated heterocycles. The van der Waals surface area contributed by atoms with Crippen molar-refractivity contribution in [1.82, 2.24) is 29.5 Å². The van der Waals surface area contributed by atoms with Gasteiger partial charge in [-0.1, -0.05) is 5.11 Å². The highest BCUT2D eigenvalue weighted by Crippen LogP contribution is 2.49. The van der Waals surface area contributed by atoms with Gasteiger partial charge in [0, 0.05) is 63.4 Å². The number of aryl methyl sites for hydroxylation is 2. The molecule has 2 aliphatic rings. The molecule has 0 radical (unpaired) electrons. The first-order valence-corrected chi connectivity index (χ1v) is 10.3. The molecule has 2 aromatic rings.